The van der Waals surface area contributed by atoms with E-state index in [4.69, 9.17) is 4.74 Å². The first kappa shape index (κ1) is 16.1. The van der Waals surface area contributed by atoms with Crippen molar-refractivity contribution in [2.45, 2.75) is 40.2 Å². The zero-order valence-corrected chi connectivity index (χ0v) is 14.2. The van der Waals surface area contributed by atoms with Crippen molar-refractivity contribution in [1.29, 1.82) is 0 Å². The van der Waals surface area contributed by atoms with E-state index in [9.17, 15) is 0 Å². The van der Waals surface area contributed by atoms with Crippen LogP contribution in [0.3, 0.4) is 0 Å². The van der Waals surface area contributed by atoms with Crippen molar-refractivity contribution in [3.8, 4) is 5.75 Å². The minimum atomic E-state index is 0.210. The number of hydrogen-bond acceptors (Lipinski definition) is 3. The summed E-state index contributed by atoms with van der Waals surface area (Å²) in [7, 11) is 0. The van der Waals surface area contributed by atoms with Crippen LogP contribution in [0.25, 0.3) is 0 Å². The highest BCUT2D eigenvalue weighted by Crippen LogP contribution is 2.34. The van der Waals surface area contributed by atoms with E-state index in [2.05, 4.69) is 56.4 Å². The van der Waals surface area contributed by atoms with Gasteiger partial charge in [-0.05, 0) is 45.0 Å². The molecule has 2 rings (SSSR count). The van der Waals surface area contributed by atoms with Crippen molar-refractivity contribution in [2.75, 3.05) is 13.2 Å². The molecule has 1 aromatic carbocycles. The van der Waals surface area contributed by atoms with Crippen LogP contribution in [0.4, 0.5) is 0 Å². The van der Waals surface area contributed by atoms with E-state index in [0.29, 0.717) is 6.61 Å². The molecule has 21 heavy (non-hydrogen) atoms. The number of ether oxygens (including phenoxy) is 1. The fraction of sp³-hybridized carbons (Fsp3) is 0.444. The van der Waals surface area contributed by atoms with E-state index in [-0.39, 0.29) is 6.04 Å². The molecule has 0 radical (unpaired) electrons. The van der Waals surface area contributed by atoms with Crippen molar-refractivity contribution in [1.82, 2.24) is 5.32 Å². The molecule has 0 fully saturated rings. The number of benzene rings is 1. The van der Waals surface area contributed by atoms with E-state index >= 15 is 0 Å². The SMILES string of the molecule is CCNC(c1ccc(CC)s1)c1cc(C)ccc1OCC. The number of hydrogen-bond donors (Lipinski definition) is 1. The second-order valence-electron chi connectivity index (χ2n) is 5.12. The Hall–Kier alpha value is -1.32. The van der Waals surface area contributed by atoms with E-state index in [1.165, 1.54) is 20.9 Å². The Morgan fingerprint density at radius 1 is 1.14 bits per heavy atom. The average Bonchev–Trinajstić information content (AvgIpc) is 2.95. The molecule has 0 aliphatic carbocycles. The minimum absolute atomic E-state index is 0.210. The number of nitrogens with one attached hydrogen (secondary N) is 1. The smallest absolute Gasteiger partial charge is 0.124 e. The van der Waals surface area contributed by atoms with Crippen molar-refractivity contribution < 1.29 is 4.74 Å². The van der Waals surface area contributed by atoms with Gasteiger partial charge < -0.3 is 10.1 Å². The largest absolute Gasteiger partial charge is 0.494 e. The Labute approximate surface area is 132 Å². The molecule has 114 valence electrons. The van der Waals surface area contributed by atoms with Gasteiger partial charge in [0, 0.05) is 15.3 Å². The lowest BCUT2D eigenvalue weighted by atomic mass is 10.0. The van der Waals surface area contributed by atoms with E-state index in [0.717, 1.165) is 18.7 Å². The van der Waals surface area contributed by atoms with Crippen molar-refractivity contribution in [3.05, 3.63) is 51.2 Å². The van der Waals surface area contributed by atoms with Gasteiger partial charge in [-0.1, -0.05) is 31.5 Å². The second kappa shape index (κ2) is 7.62. The van der Waals surface area contributed by atoms with E-state index in [1.807, 2.05) is 18.3 Å². The lowest BCUT2D eigenvalue weighted by molar-refractivity contribution is 0.333. The van der Waals surface area contributed by atoms with Crippen LogP contribution in [0.1, 0.15) is 47.7 Å². The molecule has 1 aromatic heterocycles. The third kappa shape index (κ3) is 3.86. The molecule has 0 bridgehead atoms. The molecule has 0 aliphatic heterocycles. The maximum atomic E-state index is 5.84. The summed E-state index contributed by atoms with van der Waals surface area (Å²) < 4.78 is 5.84. The lowest BCUT2D eigenvalue weighted by Crippen LogP contribution is -2.22. The van der Waals surface area contributed by atoms with Gasteiger partial charge in [-0.3, -0.25) is 0 Å². The molecule has 1 heterocycles. The molecule has 2 nitrogen and oxygen atoms in total. The fourth-order valence-corrected chi connectivity index (χ4v) is 3.54. The molecule has 1 unspecified atom stereocenters. The zero-order chi connectivity index (χ0) is 15.2. The third-order valence-electron chi connectivity index (χ3n) is 3.50. The first-order valence-corrected chi connectivity index (χ1v) is 8.56. The van der Waals surface area contributed by atoms with Crippen LogP contribution in [-0.2, 0) is 6.42 Å². The molecule has 0 saturated heterocycles. The van der Waals surface area contributed by atoms with Gasteiger partial charge >= 0.3 is 0 Å². The first-order valence-electron chi connectivity index (χ1n) is 7.74. The molecule has 0 spiro atoms. The summed E-state index contributed by atoms with van der Waals surface area (Å²) in [6.07, 6.45) is 1.09. The Bertz CT molecular complexity index is 576. The molecule has 0 amide bonds. The molecule has 0 aliphatic rings. The van der Waals surface area contributed by atoms with E-state index < -0.39 is 0 Å². The van der Waals surface area contributed by atoms with Gasteiger partial charge in [-0.15, -0.1) is 11.3 Å². The Balaban J connectivity index is 2.43. The van der Waals surface area contributed by atoms with Gasteiger partial charge in [0.15, 0.2) is 0 Å². The summed E-state index contributed by atoms with van der Waals surface area (Å²) in [5, 5.41) is 3.61. The predicted molar refractivity (Wildman–Crippen MR) is 91.6 cm³/mol. The Morgan fingerprint density at radius 2 is 1.95 bits per heavy atom. The van der Waals surface area contributed by atoms with Gasteiger partial charge in [0.25, 0.3) is 0 Å². The monoisotopic (exact) mass is 303 g/mol. The van der Waals surface area contributed by atoms with Gasteiger partial charge in [0.1, 0.15) is 5.75 Å². The standard InChI is InChI=1S/C18H25NOS/c1-5-14-9-11-17(21-14)18(19-6-2)15-12-13(4)8-10-16(15)20-7-3/h8-12,18-19H,5-7H2,1-4H3. The fourth-order valence-electron chi connectivity index (χ4n) is 2.49. The molecular weight excluding hydrogens is 278 g/mol. The summed E-state index contributed by atoms with van der Waals surface area (Å²) >= 11 is 1.89. The third-order valence-corrected chi connectivity index (χ3v) is 4.79. The van der Waals surface area contributed by atoms with Gasteiger partial charge in [0.2, 0.25) is 0 Å². The number of thiophene rings is 1. The number of aryl methyl sites for hydroxylation is 2. The van der Waals surface area contributed by atoms with E-state index in [1.54, 1.807) is 0 Å². The topological polar surface area (TPSA) is 21.3 Å². The molecular formula is C18H25NOS. The zero-order valence-electron chi connectivity index (χ0n) is 13.4. The second-order valence-corrected chi connectivity index (χ2v) is 6.32. The normalized spacial score (nSPS) is 12.4. The van der Waals surface area contributed by atoms with Crippen molar-refractivity contribution in [2.24, 2.45) is 0 Å². The molecule has 1 N–H and O–H groups in total. The van der Waals surface area contributed by atoms with Gasteiger partial charge in [-0.25, -0.2) is 0 Å². The van der Waals surface area contributed by atoms with Crippen molar-refractivity contribution in [3.63, 3.8) is 0 Å². The molecule has 0 saturated carbocycles. The van der Waals surface area contributed by atoms with Crippen LogP contribution in [0.15, 0.2) is 30.3 Å². The Morgan fingerprint density at radius 3 is 2.57 bits per heavy atom. The quantitative estimate of drug-likeness (QED) is 0.799. The summed E-state index contributed by atoms with van der Waals surface area (Å²) in [6.45, 7) is 10.1. The molecule has 2 aromatic rings. The summed E-state index contributed by atoms with van der Waals surface area (Å²) in [4.78, 5) is 2.79. The maximum Gasteiger partial charge on any atom is 0.124 e. The van der Waals surface area contributed by atoms with Gasteiger partial charge in [0.05, 0.1) is 12.6 Å². The highest BCUT2D eigenvalue weighted by atomic mass is 32.1. The van der Waals surface area contributed by atoms with Crippen LogP contribution in [0.5, 0.6) is 5.75 Å². The highest BCUT2D eigenvalue weighted by Gasteiger charge is 2.19. The minimum Gasteiger partial charge on any atom is -0.494 e. The van der Waals surface area contributed by atoms with Crippen LogP contribution >= 0.6 is 11.3 Å². The molecule has 3 heteroatoms. The van der Waals surface area contributed by atoms with Crippen LogP contribution in [-0.4, -0.2) is 13.2 Å². The summed E-state index contributed by atoms with van der Waals surface area (Å²) in [5.41, 5.74) is 2.51. The lowest BCUT2D eigenvalue weighted by Gasteiger charge is -2.21. The average molecular weight is 303 g/mol. The van der Waals surface area contributed by atoms with Crippen LogP contribution < -0.4 is 10.1 Å². The van der Waals surface area contributed by atoms with Gasteiger partial charge in [-0.2, -0.15) is 0 Å². The predicted octanol–water partition coefficient (Wildman–Crippen LogP) is 4.72. The first-order chi connectivity index (χ1) is 10.2. The summed E-state index contributed by atoms with van der Waals surface area (Å²) in [6, 6.07) is 11.1. The highest BCUT2D eigenvalue weighted by molar-refractivity contribution is 7.12. The van der Waals surface area contributed by atoms with Crippen molar-refractivity contribution >= 4 is 11.3 Å². The summed E-state index contributed by atoms with van der Waals surface area (Å²) in [5.74, 6) is 0.987. The maximum absolute atomic E-state index is 5.84. The number of rotatable bonds is 7. The Kier molecular flexibility index (Phi) is 5.83. The van der Waals surface area contributed by atoms with Crippen LogP contribution in [0.2, 0.25) is 0 Å². The molecule has 1 atom stereocenters. The van der Waals surface area contributed by atoms with Crippen LogP contribution in [0, 0.1) is 6.92 Å².